The normalized spacial score (nSPS) is 17.5. The number of fused-ring (bicyclic) bond motifs is 3. The lowest BCUT2D eigenvalue weighted by molar-refractivity contribution is -0.142. The third kappa shape index (κ3) is 5.65. The van der Waals surface area contributed by atoms with E-state index < -0.39 is 53.7 Å². The van der Waals surface area contributed by atoms with Gasteiger partial charge in [0.1, 0.15) is 24.0 Å². The molecule has 7 nitrogen and oxygen atoms in total. The van der Waals surface area contributed by atoms with Gasteiger partial charge in [0.2, 0.25) is 5.91 Å². The van der Waals surface area contributed by atoms with Gasteiger partial charge in [-0.25, -0.2) is 13.2 Å². The van der Waals surface area contributed by atoms with E-state index in [-0.39, 0.29) is 40.6 Å². The predicted molar refractivity (Wildman–Crippen MR) is 146 cm³/mol. The highest BCUT2D eigenvalue weighted by Crippen LogP contribution is 2.59. The zero-order valence-electron chi connectivity index (χ0n) is 23.2. The molecular formula is C31H25F6N5O2. The first-order valence-electron chi connectivity index (χ1n) is 13.8. The van der Waals surface area contributed by atoms with Crippen molar-refractivity contribution in [2.24, 2.45) is 5.92 Å². The molecule has 44 heavy (non-hydrogen) atoms. The fraction of sp³-hybridized carbons (Fsp3) is 0.290. The summed E-state index contributed by atoms with van der Waals surface area (Å²) in [7, 11) is 1.35. The molecule has 6 rings (SSSR count). The molecule has 2 unspecified atom stereocenters. The van der Waals surface area contributed by atoms with Crippen LogP contribution < -0.4 is 10.6 Å². The number of halogens is 6. The summed E-state index contributed by atoms with van der Waals surface area (Å²) in [5, 5.41) is 8.88. The molecule has 2 N–H and O–H groups in total. The molecule has 228 valence electrons. The van der Waals surface area contributed by atoms with Crippen LogP contribution in [0.2, 0.25) is 0 Å². The van der Waals surface area contributed by atoms with Gasteiger partial charge in [-0.05, 0) is 72.6 Å². The molecule has 2 aromatic heterocycles. The molecule has 2 heterocycles. The Labute approximate surface area is 247 Å². The van der Waals surface area contributed by atoms with E-state index >= 15 is 0 Å². The maximum absolute atomic E-state index is 14.4. The number of hydrogen-bond acceptors (Lipinski definition) is 4. The fourth-order valence-corrected chi connectivity index (χ4v) is 6.03. The molecule has 1 saturated carbocycles. The van der Waals surface area contributed by atoms with Crippen LogP contribution in [0.25, 0.3) is 11.1 Å². The predicted octanol–water partition coefficient (Wildman–Crippen LogP) is 5.50. The van der Waals surface area contributed by atoms with E-state index in [4.69, 9.17) is 0 Å². The van der Waals surface area contributed by atoms with Crippen LogP contribution >= 0.6 is 0 Å². The van der Waals surface area contributed by atoms with Gasteiger partial charge in [0.25, 0.3) is 5.91 Å². The van der Waals surface area contributed by atoms with Gasteiger partial charge in [0.15, 0.2) is 5.69 Å². The molecule has 2 aliphatic carbocycles. The van der Waals surface area contributed by atoms with Crippen LogP contribution in [-0.4, -0.2) is 33.6 Å². The number of nitrogens with zero attached hydrogens (tertiary/aromatic N) is 3. The van der Waals surface area contributed by atoms with E-state index in [1.807, 2.05) is 0 Å². The summed E-state index contributed by atoms with van der Waals surface area (Å²) in [6, 6.07) is 8.88. The lowest BCUT2D eigenvalue weighted by Gasteiger charge is -2.22. The van der Waals surface area contributed by atoms with Crippen LogP contribution in [0, 0.1) is 23.4 Å². The van der Waals surface area contributed by atoms with Crippen molar-refractivity contribution in [1.82, 2.24) is 25.4 Å². The number of hydrogen-bond donors (Lipinski definition) is 2. The highest BCUT2D eigenvalue weighted by atomic mass is 19.4. The Morgan fingerprint density at radius 3 is 2.52 bits per heavy atom. The number of carbonyl (C=O) groups excluding carboxylic acids is 2. The number of benzene rings is 2. The van der Waals surface area contributed by atoms with Gasteiger partial charge in [-0.1, -0.05) is 12.1 Å². The lowest BCUT2D eigenvalue weighted by atomic mass is 9.94. The molecule has 3 atom stereocenters. The van der Waals surface area contributed by atoms with Gasteiger partial charge in [0, 0.05) is 36.1 Å². The van der Waals surface area contributed by atoms with E-state index in [2.05, 4.69) is 20.7 Å². The maximum atomic E-state index is 14.4. The zero-order chi connectivity index (χ0) is 31.3. The summed E-state index contributed by atoms with van der Waals surface area (Å²) in [4.78, 5) is 30.1. The Bertz CT molecular complexity index is 1770. The Balaban J connectivity index is 1.36. The second kappa shape index (κ2) is 11.1. The molecule has 0 saturated heterocycles. The molecule has 2 aliphatic rings. The number of aromatic nitrogens is 3. The van der Waals surface area contributed by atoms with Crippen molar-refractivity contribution in [3.8, 4) is 11.1 Å². The van der Waals surface area contributed by atoms with Crippen molar-refractivity contribution in [3.05, 3.63) is 106 Å². The first-order chi connectivity index (χ1) is 20.9. The molecule has 2 amide bonds. The van der Waals surface area contributed by atoms with Gasteiger partial charge >= 0.3 is 6.18 Å². The third-order valence-corrected chi connectivity index (χ3v) is 8.02. The molecule has 0 aliphatic heterocycles. The molecule has 13 heteroatoms. The third-order valence-electron chi connectivity index (χ3n) is 8.02. The topological polar surface area (TPSA) is 88.9 Å². The summed E-state index contributed by atoms with van der Waals surface area (Å²) in [6.07, 6.45) is -2.34. The minimum Gasteiger partial charge on any atom is -0.355 e. The van der Waals surface area contributed by atoms with Crippen molar-refractivity contribution in [3.63, 3.8) is 0 Å². The summed E-state index contributed by atoms with van der Waals surface area (Å²) < 4.78 is 85.0. The van der Waals surface area contributed by atoms with Crippen molar-refractivity contribution in [2.45, 2.75) is 43.9 Å². The first kappa shape index (κ1) is 29.4. The molecule has 2 aromatic carbocycles. The molecule has 0 radical (unpaired) electrons. The van der Waals surface area contributed by atoms with Crippen molar-refractivity contribution in [1.29, 1.82) is 0 Å². The smallest absolute Gasteiger partial charge is 0.355 e. The number of rotatable bonds is 8. The van der Waals surface area contributed by atoms with Crippen LogP contribution in [0.4, 0.5) is 26.3 Å². The van der Waals surface area contributed by atoms with E-state index in [1.54, 1.807) is 12.1 Å². The Kier molecular flexibility index (Phi) is 7.42. The van der Waals surface area contributed by atoms with Gasteiger partial charge < -0.3 is 10.6 Å². The Hall–Kier alpha value is -4.68. The monoisotopic (exact) mass is 613 g/mol. The fourth-order valence-electron chi connectivity index (χ4n) is 6.03. The largest absolute Gasteiger partial charge is 0.435 e. The number of pyridine rings is 1. The Morgan fingerprint density at radius 2 is 1.82 bits per heavy atom. The van der Waals surface area contributed by atoms with Gasteiger partial charge in [-0.3, -0.25) is 19.3 Å². The van der Waals surface area contributed by atoms with Crippen LogP contribution in [0.3, 0.4) is 0 Å². The van der Waals surface area contributed by atoms with Gasteiger partial charge in [-0.2, -0.15) is 18.3 Å². The van der Waals surface area contributed by atoms with Crippen LogP contribution in [0.15, 0.2) is 54.7 Å². The van der Waals surface area contributed by atoms with Crippen molar-refractivity contribution >= 4 is 11.8 Å². The second-order valence-corrected chi connectivity index (χ2v) is 11.0. The summed E-state index contributed by atoms with van der Waals surface area (Å²) >= 11 is 0. The molecule has 0 spiro atoms. The number of nitrogens with one attached hydrogen (secondary N) is 2. The Morgan fingerprint density at radius 1 is 1.07 bits per heavy atom. The SMILES string of the molecule is CNC(=O)c1cc(-c2cccnc2[C@H](Cc2cc(F)cc(F)c2)NC(=O)Cn2nc(C(F)(F)F)c3c2CC2CC32)ccc1F. The molecule has 0 bridgehead atoms. The van der Waals surface area contributed by atoms with E-state index in [0.29, 0.717) is 35.7 Å². The lowest BCUT2D eigenvalue weighted by Crippen LogP contribution is -2.34. The van der Waals surface area contributed by atoms with Crippen molar-refractivity contribution < 1.29 is 35.9 Å². The summed E-state index contributed by atoms with van der Waals surface area (Å²) in [6.45, 7) is -0.522. The van der Waals surface area contributed by atoms with Crippen molar-refractivity contribution in [2.75, 3.05) is 7.05 Å². The van der Waals surface area contributed by atoms with Crippen LogP contribution in [0.1, 0.15) is 56.9 Å². The highest BCUT2D eigenvalue weighted by molar-refractivity contribution is 5.95. The average Bonchev–Trinajstić information content (AvgIpc) is 3.48. The number of carbonyl (C=O) groups is 2. The second-order valence-electron chi connectivity index (χ2n) is 11.0. The zero-order valence-corrected chi connectivity index (χ0v) is 23.2. The van der Waals surface area contributed by atoms with E-state index in [9.17, 15) is 35.9 Å². The average molecular weight is 614 g/mol. The molecule has 1 fully saturated rings. The van der Waals surface area contributed by atoms with Crippen LogP contribution in [-0.2, 0) is 30.4 Å². The summed E-state index contributed by atoms with van der Waals surface area (Å²) in [5.74, 6) is -3.91. The minimum atomic E-state index is -4.67. The van der Waals surface area contributed by atoms with E-state index in [1.165, 1.54) is 25.4 Å². The first-order valence-corrected chi connectivity index (χ1v) is 13.8. The molecular weight excluding hydrogens is 588 g/mol. The van der Waals surface area contributed by atoms with Crippen LogP contribution in [0.5, 0.6) is 0 Å². The minimum absolute atomic E-state index is 0.112. The number of alkyl halides is 3. The highest BCUT2D eigenvalue weighted by Gasteiger charge is 2.53. The van der Waals surface area contributed by atoms with E-state index in [0.717, 1.165) is 22.9 Å². The summed E-state index contributed by atoms with van der Waals surface area (Å²) in [5.41, 5.74) is 0.472. The quantitative estimate of drug-likeness (QED) is 0.257. The number of amides is 2. The maximum Gasteiger partial charge on any atom is 0.435 e. The standard InChI is InChI=1S/C31H25F6N5O2/c1-38-30(44)22-10-16(4-5-23(22)34)20-3-2-6-39-28(20)24(9-15-7-18(32)13-19(33)8-15)40-26(43)14-42-25-12-17-11-21(17)27(25)29(41-42)31(35,36)37/h2-8,10,13,17,21,24H,9,11-12,14H2,1H3,(H,38,44)(H,40,43)/t17?,21?,24-/m0/s1. The molecule has 4 aromatic rings. The van der Waals surface area contributed by atoms with Gasteiger partial charge in [-0.15, -0.1) is 0 Å². The van der Waals surface area contributed by atoms with Gasteiger partial charge in [0.05, 0.1) is 17.3 Å².